The highest BCUT2D eigenvalue weighted by molar-refractivity contribution is 7.86. The van der Waals surface area contributed by atoms with Crippen LogP contribution in [0, 0.1) is 5.92 Å². The maximum absolute atomic E-state index is 12.3. The molecular formula is C34H52N2O9S2. The van der Waals surface area contributed by atoms with Crippen molar-refractivity contribution in [3.8, 4) is 5.75 Å². The fraction of sp³-hybridized carbons (Fsp3) is 0.618. The molecule has 1 aromatic rings. The summed E-state index contributed by atoms with van der Waals surface area (Å²) in [6.45, 7) is 0.488. The maximum Gasteiger partial charge on any atom is 0.309 e. The first-order valence-electron chi connectivity index (χ1n) is 16.7. The lowest BCUT2D eigenvalue weighted by Gasteiger charge is -2.33. The molecule has 2 aliphatic carbocycles. The van der Waals surface area contributed by atoms with Crippen molar-refractivity contribution < 1.29 is 40.2 Å². The molecule has 264 valence electrons. The Morgan fingerprint density at radius 3 is 2.15 bits per heavy atom. The van der Waals surface area contributed by atoms with Crippen LogP contribution in [-0.2, 0) is 29.8 Å². The Hall–Kier alpha value is -2.55. The third-order valence-corrected chi connectivity index (χ3v) is 10.0. The second kappa shape index (κ2) is 20.7. The van der Waals surface area contributed by atoms with Gasteiger partial charge < -0.3 is 20.1 Å². The molecule has 13 heteroatoms. The molecule has 4 atom stereocenters. The van der Waals surface area contributed by atoms with Gasteiger partial charge in [-0.3, -0.25) is 13.9 Å². The van der Waals surface area contributed by atoms with Crippen molar-refractivity contribution in [3.05, 3.63) is 66.8 Å². The monoisotopic (exact) mass is 696 g/mol. The molecule has 0 saturated heterocycles. The quantitative estimate of drug-likeness (QED) is 0.0625. The first-order chi connectivity index (χ1) is 22.5. The van der Waals surface area contributed by atoms with Crippen molar-refractivity contribution in [1.82, 2.24) is 10.6 Å². The standard InChI is InChI=1S/C34H52N2O9S2/c37-34(45-32(27-47(41,42)43)24-35-29-18-9-6-10-19-29)23-13-5-3-1-2-4-8-16-28-17-14-15-22-33(28)36-25-31(26-46(38,39)40)44-30-20-11-7-12-21-30/h1-2,4-5,7-8,11-13,20-21,28-29,31-33,35-36H,3,6,9-10,14-19,22-27H2,(H,38,39,40)(H,41,42,43)/b2-1+,8-4+,13-5-. The molecule has 0 heterocycles. The van der Waals surface area contributed by atoms with Crippen molar-refractivity contribution in [2.45, 2.75) is 101 Å². The van der Waals surface area contributed by atoms with Crippen LogP contribution in [0.15, 0.2) is 66.8 Å². The van der Waals surface area contributed by atoms with Crippen molar-refractivity contribution in [2.24, 2.45) is 5.92 Å². The lowest BCUT2D eigenvalue weighted by atomic mass is 9.82. The summed E-state index contributed by atoms with van der Waals surface area (Å²) in [6.07, 6.45) is 21.1. The molecule has 4 unspecified atom stereocenters. The molecule has 0 spiro atoms. The summed E-state index contributed by atoms with van der Waals surface area (Å²) in [5.41, 5.74) is 0. The highest BCUT2D eigenvalue weighted by atomic mass is 32.2. The van der Waals surface area contributed by atoms with E-state index in [9.17, 15) is 30.7 Å². The van der Waals surface area contributed by atoms with Gasteiger partial charge >= 0.3 is 5.97 Å². The van der Waals surface area contributed by atoms with Gasteiger partial charge in [-0.05, 0) is 56.6 Å². The number of hydrogen-bond acceptors (Lipinski definition) is 9. The number of allylic oxidation sites excluding steroid dienone is 5. The Kier molecular flexibility index (Phi) is 17.2. The minimum atomic E-state index is -4.28. The highest BCUT2D eigenvalue weighted by Crippen LogP contribution is 2.27. The normalized spacial score (nSPS) is 21.3. The molecule has 0 radical (unpaired) electrons. The van der Waals surface area contributed by atoms with E-state index in [1.807, 2.05) is 42.5 Å². The summed E-state index contributed by atoms with van der Waals surface area (Å²) >= 11 is 0. The highest BCUT2D eigenvalue weighted by Gasteiger charge is 2.27. The second-order valence-corrected chi connectivity index (χ2v) is 15.5. The summed E-state index contributed by atoms with van der Waals surface area (Å²) in [6, 6.07) is 9.46. The van der Waals surface area contributed by atoms with Gasteiger partial charge in [-0.15, -0.1) is 0 Å². The van der Waals surface area contributed by atoms with Crippen LogP contribution in [0.1, 0.15) is 77.0 Å². The van der Waals surface area contributed by atoms with Gasteiger partial charge in [0, 0.05) is 25.2 Å². The molecule has 11 nitrogen and oxygen atoms in total. The van der Waals surface area contributed by atoms with Gasteiger partial charge in [0.1, 0.15) is 29.5 Å². The van der Waals surface area contributed by atoms with E-state index in [0.29, 0.717) is 24.6 Å². The van der Waals surface area contributed by atoms with Crippen LogP contribution in [0.25, 0.3) is 0 Å². The van der Waals surface area contributed by atoms with Gasteiger partial charge in [-0.2, -0.15) is 16.8 Å². The molecule has 2 aliphatic rings. The van der Waals surface area contributed by atoms with Gasteiger partial charge in [0.25, 0.3) is 20.2 Å². The molecule has 47 heavy (non-hydrogen) atoms. The van der Waals surface area contributed by atoms with Crippen LogP contribution in [0.5, 0.6) is 5.75 Å². The van der Waals surface area contributed by atoms with Gasteiger partial charge in [-0.25, -0.2) is 0 Å². The van der Waals surface area contributed by atoms with E-state index in [4.69, 9.17) is 9.47 Å². The number of carbonyl (C=O) groups excluding carboxylic acids is 1. The minimum Gasteiger partial charge on any atom is -0.488 e. The SMILES string of the molecule is O=C(C/C=C\C/C=C/C=C/CC1CCCCC1NCC(CS(=O)(=O)O)Oc1ccccc1)OC(CNC1CCCCC1)CS(=O)(=O)O. The van der Waals surface area contributed by atoms with Crippen LogP contribution in [0.2, 0.25) is 0 Å². The van der Waals surface area contributed by atoms with E-state index in [1.54, 1.807) is 18.2 Å². The number of carbonyl (C=O) groups is 1. The lowest BCUT2D eigenvalue weighted by molar-refractivity contribution is -0.146. The number of nitrogens with one attached hydrogen (secondary N) is 2. The molecule has 4 N–H and O–H groups in total. The van der Waals surface area contributed by atoms with E-state index < -0.39 is 49.9 Å². The average Bonchev–Trinajstić information content (AvgIpc) is 3.02. The van der Waals surface area contributed by atoms with E-state index in [1.165, 1.54) is 6.42 Å². The Labute approximate surface area is 280 Å². The summed E-state index contributed by atoms with van der Waals surface area (Å²) in [5.74, 6) is -0.721. The smallest absolute Gasteiger partial charge is 0.309 e. The van der Waals surface area contributed by atoms with Gasteiger partial charge in [0.2, 0.25) is 0 Å². The molecule has 0 aromatic heterocycles. The third kappa shape index (κ3) is 18.0. The Balaban J connectivity index is 1.38. The second-order valence-electron chi connectivity index (χ2n) is 12.5. The van der Waals surface area contributed by atoms with Crippen LogP contribution in [0.4, 0.5) is 0 Å². The molecule has 1 aromatic carbocycles. The number of para-hydroxylation sites is 1. The number of esters is 1. The van der Waals surface area contributed by atoms with Gasteiger partial charge in [-0.1, -0.05) is 86.8 Å². The van der Waals surface area contributed by atoms with Crippen molar-refractivity contribution in [2.75, 3.05) is 24.6 Å². The summed E-state index contributed by atoms with van der Waals surface area (Å²) in [7, 11) is -8.49. The summed E-state index contributed by atoms with van der Waals surface area (Å²) < 4.78 is 75.9. The predicted molar refractivity (Wildman–Crippen MR) is 183 cm³/mol. The zero-order chi connectivity index (χ0) is 34.0. The molecule has 0 bridgehead atoms. The number of hydrogen-bond donors (Lipinski definition) is 4. The molecule has 3 rings (SSSR count). The number of ether oxygens (including phenoxy) is 2. The van der Waals surface area contributed by atoms with E-state index in [0.717, 1.165) is 57.8 Å². The van der Waals surface area contributed by atoms with Crippen LogP contribution in [0.3, 0.4) is 0 Å². The average molecular weight is 697 g/mol. The Bertz CT molecular complexity index is 1360. The van der Waals surface area contributed by atoms with E-state index in [2.05, 4.69) is 16.7 Å². The minimum absolute atomic E-state index is 0.00658. The first kappa shape index (κ1) is 38.9. The fourth-order valence-electron chi connectivity index (χ4n) is 6.15. The van der Waals surface area contributed by atoms with Crippen LogP contribution >= 0.6 is 0 Å². The van der Waals surface area contributed by atoms with Crippen LogP contribution in [-0.4, -0.2) is 80.8 Å². The van der Waals surface area contributed by atoms with Crippen LogP contribution < -0.4 is 15.4 Å². The van der Waals surface area contributed by atoms with Gasteiger partial charge in [0.15, 0.2) is 0 Å². The lowest BCUT2D eigenvalue weighted by Crippen LogP contribution is -2.45. The van der Waals surface area contributed by atoms with E-state index >= 15 is 0 Å². The van der Waals surface area contributed by atoms with Crippen molar-refractivity contribution in [3.63, 3.8) is 0 Å². The Morgan fingerprint density at radius 2 is 1.43 bits per heavy atom. The molecule has 0 amide bonds. The largest absolute Gasteiger partial charge is 0.488 e. The Morgan fingerprint density at radius 1 is 0.787 bits per heavy atom. The summed E-state index contributed by atoms with van der Waals surface area (Å²) in [4.78, 5) is 12.3. The maximum atomic E-state index is 12.3. The molecular weight excluding hydrogens is 645 g/mol. The van der Waals surface area contributed by atoms with Gasteiger partial charge in [0.05, 0.1) is 6.42 Å². The predicted octanol–water partition coefficient (Wildman–Crippen LogP) is 5.03. The first-order valence-corrected chi connectivity index (χ1v) is 19.9. The molecule has 2 saturated carbocycles. The van der Waals surface area contributed by atoms with Crippen molar-refractivity contribution in [1.29, 1.82) is 0 Å². The van der Waals surface area contributed by atoms with E-state index in [-0.39, 0.29) is 25.0 Å². The van der Waals surface area contributed by atoms with Crippen molar-refractivity contribution >= 4 is 26.2 Å². The number of benzene rings is 1. The zero-order valence-corrected chi connectivity index (χ0v) is 28.8. The molecule has 0 aliphatic heterocycles. The molecule has 2 fully saturated rings. The topological polar surface area (TPSA) is 168 Å². The number of rotatable bonds is 20. The summed E-state index contributed by atoms with van der Waals surface area (Å²) in [5, 5.41) is 6.77. The third-order valence-electron chi connectivity index (χ3n) is 8.44. The fourth-order valence-corrected chi connectivity index (χ4v) is 7.47. The zero-order valence-electron chi connectivity index (χ0n) is 27.1.